The van der Waals surface area contributed by atoms with Crippen molar-refractivity contribution in [3.05, 3.63) is 24.3 Å². The zero-order valence-electron chi connectivity index (χ0n) is 16.2. The van der Waals surface area contributed by atoms with Crippen LogP contribution in [0.3, 0.4) is 0 Å². The third kappa shape index (κ3) is 3.65. The molecule has 0 amide bonds. The van der Waals surface area contributed by atoms with Crippen molar-refractivity contribution in [2.45, 2.75) is 63.1 Å². The normalized spacial score (nSPS) is 23.9. The molecule has 8 nitrogen and oxygen atoms in total. The summed E-state index contributed by atoms with van der Waals surface area (Å²) in [5, 5.41) is 13.4. The van der Waals surface area contributed by atoms with Crippen LogP contribution >= 0.6 is 0 Å². The van der Waals surface area contributed by atoms with Crippen molar-refractivity contribution in [1.82, 2.24) is 39.3 Å². The molecule has 3 fully saturated rings. The fourth-order valence-electron chi connectivity index (χ4n) is 4.80. The molecule has 0 unspecified atom stereocenters. The fraction of sp³-hybridized carbons (Fsp3) is 0.789. The summed E-state index contributed by atoms with van der Waals surface area (Å²) in [7, 11) is 2.24. The van der Waals surface area contributed by atoms with Crippen molar-refractivity contribution in [3.8, 4) is 0 Å². The minimum absolute atomic E-state index is 0.546. The lowest BCUT2D eigenvalue weighted by Gasteiger charge is -2.41. The van der Waals surface area contributed by atoms with E-state index in [0.29, 0.717) is 18.5 Å². The lowest BCUT2D eigenvalue weighted by molar-refractivity contribution is 0.0951. The summed E-state index contributed by atoms with van der Waals surface area (Å²) < 4.78 is 4.27. The first-order valence-electron chi connectivity index (χ1n) is 10.5. The second-order valence-corrected chi connectivity index (χ2v) is 8.51. The molecule has 2 saturated heterocycles. The first-order valence-corrected chi connectivity index (χ1v) is 10.5. The van der Waals surface area contributed by atoms with E-state index >= 15 is 0 Å². The van der Waals surface area contributed by atoms with E-state index in [0.717, 1.165) is 11.9 Å². The molecule has 0 atom stereocenters. The van der Waals surface area contributed by atoms with E-state index in [1.165, 1.54) is 70.5 Å². The van der Waals surface area contributed by atoms with Gasteiger partial charge in [0.25, 0.3) is 0 Å². The summed E-state index contributed by atoms with van der Waals surface area (Å²) in [6, 6.07) is 1.38. The van der Waals surface area contributed by atoms with Gasteiger partial charge in [0.1, 0.15) is 25.0 Å². The van der Waals surface area contributed by atoms with Gasteiger partial charge in [0.2, 0.25) is 0 Å². The molecule has 2 aromatic heterocycles. The van der Waals surface area contributed by atoms with Crippen molar-refractivity contribution in [2.24, 2.45) is 0 Å². The van der Waals surface area contributed by atoms with Gasteiger partial charge < -0.3 is 14.4 Å². The minimum Gasteiger partial charge on any atom is -0.310 e. The number of piperidine rings is 2. The predicted molar refractivity (Wildman–Crippen MR) is 101 cm³/mol. The van der Waals surface area contributed by atoms with E-state index in [9.17, 15) is 0 Å². The maximum atomic E-state index is 4.66. The van der Waals surface area contributed by atoms with Gasteiger partial charge in [-0.1, -0.05) is 0 Å². The molecule has 0 N–H and O–H groups in total. The van der Waals surface area contributed by atoms with E-state index in [1.807, 2.05) is 4.68 Å². The first-order chi connectivity index (χ1) is 13.3. The number of rotatable bonds is 5. The van der Waals surface area contributed by atoms with Crippen LogP contribution in [0.25, 0.3) is 0 Å². The zero-order valence-corrected chi connectivity index (χ0v) is 16.2. The second kappa shape index (κ2) is 7.31. The topological polar surface area (TPSA) is 67.9 Å². The summed E-state index contributed by atoms with van der Waals surface area (Å²) in [6.45, 7) is 5.56. The molecule has 3 aliphatic rings. The monoisotopic (exact) mass is 370 g/mol. The second-order valence-electron chi connectivity index (χ2n) is 8.51. The molecule has 0 spiro atoms. The Bertz CT molecular complexity index is 734. The van der Waals surface area contributed by atoms with Gasteiger partial charge in [-0.3, -0.25) is 0 Å². The Morgan fingerprint density at radius 3 is 2.37 bits per heavy atom. The molecule has 1 saturated carbocycles. The molecule has 2 aliphatic heterocycles. The van der Waals surface area contributed by atoms with Gasteiger partial charge in [-0.05, 0) is 71.8 Å². The summed E-state index contributed by atoms with van der Waals surface area (Å²) in [5.41, 5.74) is 0. The highest BCUT2D eigenvalue weighted by Crippen LogP contribution is 2.40. The van der Waals surface area contributed by atoms with Crippen LogP contribution in [0.2, 0.25) is 0 Å². The maximum Gasteiger partial charge on any atom is 0.155 e. The fourth-order valence-corrected chi connectivity index (χ4v) is 4.80. The largest absolute Gasteiger partial charge is 0.310 e. The SMILES string of the molecule is CN1CCC(N2CCC(c3nnc(Cn4cncn4)n3C3CC3)CC2)CC1. The van der Waals surface area contributed by atoms with Crippen molar-refractivity contribution >= 4 is 0 Å². The highest BCUT2D eigenvalue weighted by atomic mass is 15.4. The van der Waals surface area contributed by atoms with Crippen LogP contribution in [0, 0.1) is 0 Å². The minimum atomic E-state index is 0.546. The van der Waals surface area contributed by atoms with Crippen molar-refractivity contribution < 1.29 is 0 Å². The molecule has 4 heterocycles. The number of nitrogens with zero attached hydrogens (tertiary/aromatic N) is 8. The third-order valence-electron chi connectivity index (χ3n) is 6.57. The Hall–Kier alpha value is -1.80. The number of aromatic nitrogens is 6. The molecule has 0 radical (unpaired) electrons. The maximum absolute atomic E-state index is 4.66. The van der Waals surface area contributed by atoms with Crippen LogP contribution in [0.1, 0.15) is 62.1 Å². The number of likely N-dealkylation sites (tertiary alicyclic amines) is 2. The van der Waals surface area contributed by atoms with Crippen molar-refractivity contribution in [1.29, 1.82) is 0 Å². The van der Waals surface area contributed by atoms with Gasteiger partial charge in [-0.25, -0.2) is 9.67 Å². The predicted octanol–water partition coefficient (Wildman–Crippen LogP) is 1.53. The molecular weight excluding hydrogens is 340 g/mol. The molecular formula is C19H30N8. The Morgan fingerprint density at radius 2 is 1.70 bits per heavy atom. The van der Waals surface area contributed by atoms with Crippen LogP contribution in [-0.4, -0.2) is 78.6 Å². The van der Waals surface area contributed by atoms with Crippen LogP contribution in [0.5, 0.6) is 0 Å². The van der Waals surface area contributed by atoms with E-state index in [1.54, 1.807) is 12.7 Å². The smallest absolute Gasteiger partial charge is 0.155 e. The van der Waals surface area contributed by atoms with Crippen LogP contribution in [0.15, 0.2) is 12.7 Å². The average Bonchev–Trinajstić information content (AvgIpc) is 3.24. The molecule has 27 heavy (non-hydrogen) atoms. The van der Waals surface area contributed by atoms with Crippen molar-refractivity contribution in [2.75, 3.05) is 33.2 Å². The number of hydrogen-bond donors (Lipinski definition) is 0. The highest BCUT2D eigenvalue weighted by Gasteiger charge is 2.35. The molecule has 0 bridgehead atoms. The quantitative estimate of drug-likeness (QED) is 0.795. The van der Waals surface area contributed by atoms with Gasteiger partial charge in [-0.15, -0.1) is 10.2 Å². The molecule has 0 aromatic carbocycles. The molecule has 2 aromatic rings. The molecule has 5 rings (SSSR count). The van der Waals surface area contributed by atoms with Gasteiger partial charge >= 0.3 is 0 Å². The molecule has 146 valence electrons. The van der Waals surface area contributed by atoms with E-state index in [4.69, 9.17) is 0 Å². The van der Waals surface area contributed by atoms with Crippen LogP contribution < -0.4 is 0 Å². The number of hydrogen-bond acceptors (Lipinski definition) is 6. The first kappa shape index (κ1) is 17.3. The van der Waals surface area contributed by atoms with E-state index in [-0.39, 0.29) is 0 Å². The Morgan fingerprint density at radius 1 is 0.926 bits per heavy atom. The summed E-state index contributed by atoms with van der Waals surface area (Å²) in [6.07, 6.45) is 10.9. The summed E-state index contributed by atoms with van der Waals surface area (Å²) in [5.74, 6) is 2.80. The highest BCUT2D eigenvalue weighted by molar-refractivity contribution is 5.09. The Labute approximate surface area is 160 Å². The van der Waals surface area contributed by atoms with Crippen LogP contribution in [-0.2, 0) is 6.54 Å². The average molecular weight is 371 g/mol. The lowest BCUT2D eigenvalue weighted by Crippen LogP contribution is -2.46. The van der Waals surface area contributed by atoms with Gasteiger partial charge in [-0.2, -0.15) is 5.10 Å². The van der Waals surface area contributed by atoms with Gasteiger partial charge in [0, 0.05) is 18.0 Å². The molecule has 1 aliphatic carbocycles. The Balaban J connectivity index is 1.26. The molecule has 8 heteroatoms. The van der Waals surface area contributed by atoms with Crippen LogP contribution in [0.4, 0.5) is 0 Å². The van der Waals surface area contributed by atoms with Gasteiger partial charge in [0.05, 0.1) is 0 Å². The standard InChI is InChI=1S/C19H30N8/c1-24-8-6-16(7-9-24)25-10-4-15(5-11-25)19-23-22-18(27(19)17-2-3-17)12-26-14-20-13-21-26/h13-17H,2-12H2,1H3. The van der Waals surface area contributed by atoms with Gasteiger partial charge in [0.15, 0.2) is 5.82 Å². The zero-order chi connectivity index (χ0) is 18.2. The third-order valence-corrected chi connectivity index (χ3v) is 6.57. The van der Waals surface area contributed by atoms with Crippen molar-refractivity contribution in [3.63, 3.8) is 0 Å². The Kier molecular flexibility index (Phi) is 4.69. The summed E-state index contributed by atoms with van der Waals surface area (Å²) in [4.78, 5) is 9.24. The lowest BCUT2D eigenvalue weighted by atomic mass is 9.93. The van der Waals surface area contributed by atoms with E-state index < -0.39 is 0 Å². The van der Waals surface area contributed by atoms with E-state index in [2.05, 4.69) is 41.7 Å². The summed E-state index contributed by atoms with van der Waals surface area (Å²) >= 11 is 0.